The van der Waals surface area contributed by atoms with Gasteiger partial charge in [-0.05, 0) is 56.1 Å². The Bertz CT molecular complexity index is 394. The van der Waals surface area contributed by atoms with E-state index < -0.39 is 0 Å². The highest BCUT2D eigenvalue weighted by atomic mass is 32.1. The van der Waals surface area contributed by atoms with Crippen molar-refractivity contribution in [2.45, 2.75) is 71.3 Å². The van der Waals surface area contributed by atoms with E-state index in [1.54, 1.807) is 0 Å². The van der Waals surface area contributed by atoms with Crippen LogP contribution in [-0.4, -0.2) is 5.54 Å². The van der Waals surface area contributed by atoms with Gasteiger partial charge in [0.05, 0.1) is 0 Å². The van der Waals surface area contributed by atoms with Gasteiger partial charge in [-0.3, -0.25) is 0 Å². The van der Waals surface area contributed by atoms with Crippen molar-refractivity contribution < 1.29 is 0 Å². The molecule has 2 heteroatoms. The molecule has 0 aromatic carbocycles. The van der Waals surface area contributed by atoms with Crippen molar-refractivity contribution >= 4 is 11.3 Å². The van der Waals surface area contributed by atoms with Crippen molar-refractivity contribution in [3.63, 3.8) is 0 Å². The first-order valence-electron chi connectivity index (χ1n) is 7.29. The molecular weight excluding hydrogens is 238 g/mol. The Balaban J connectivity index is 2.02. The second-order valence-corrected chi connectivity index (χ2v) is 8.03. The lowest BCUT2D eigenvalue weighted by molar-refractivity contribution is 0.297. The molecule has 1 unspecified atom stereocenters. The van der Waals surface area contributed by atoms with Crippen LogP contribution in [0.15, 0.2) is 12.1 Å². The van der Waals surface area contributed by atoms with E-state index in [9.17, 15) is 0 Å². The molecule has 1 fully saturated rings. The van der Waals surface area contributed by atoms with E-state index in [1.807, 2.05) is 11.3 Å². The fourth-order valence-electron chi connectivity index (χ4n) is 2.99. The average Bonchev–Trinajstić information content (AvgIpc) is 2.68. The number of hydrogen-bond donors (Lipinski definition) is 1. The normalized spacial score (nSPS) is 28.0. The first-order chi connectivity index (χ1) is 8.42. The molecule has 0 bridgehead atoms. The lowest BCUT2D eigenvalue weighted by Crippen LogP contribution is -2.41. The molecule has 1 atom stereocenters. The van der Waals surface area contributed by atoms with Gasteiger partial charge in [0.1, 0.15) is 0 Å². The molecule has 1 heterocycles. The Kier molecular flexibility index (Phi) is 4.18. The summed E-state index contributed by atoms with van der Waals surface area (Å²) in [6.07, 6.45) is 8.49. The topological polar surface area (TPSA) is 26.0 Å². The largest absolute Gasteiger partial charge is 0.325 e. The number of hydrogen-bond acceptors (Lipinski definition) is 2. The van der Waals surface area contributed by atoms with Crippen LogP contribution in [0.4, 0.5) is 0 Å². The zero-order valence-electron chi connectivity index (χ0n) is 12.1. The molecule has 2 N–H and O–H groups in total. The smallest absolute Gasteiger partial charge is 0.0203 e. The predicted octanol–water partition coefficient (Wildman–Crippen LogP) is 4.54. The average molecular weight is 265 g/mol. The molecule has 102 valence electrons. The van der Waals surface area contributed by atoms with Gasteiger partial charge in [-0.1, -0.05) is 27.2 Å². The van der Waals surface area contributed by atoms with Crippen molar-refractivity contribution in [3.8, 4) is 0 Å². The quantitative estimate of drug-likeness (QED) is 0.798. The monoisotopic (exact) mass is 265 g/mol. The maximum absolute atomic E-state index is 6.67. The zero-order chi connectivity index (χ0) is 13.2. The summed E-state index contributed by atoms with van der Waals surface area (Å²) in [5.41, 5.74) is 7.21. The third kappa shape index (κ3) is 3.58. The Morgan fingerprint density at radius 2 is 1.83 bits per heavy atom. The minimum absolute atomic E-state index is 0.0453. The Morgan fingerprint density at radius 3 is 2.50 bits per heavy atom. The fraction of sp³-hybridized carbons (Fsp3) is 0.750. The molecule has 1 saturated carbocycles. The van der Waals surface area contributed by atoms with E-state index >= 15 is 0 Å². The standard InChI is InChI=1S/C16H27NS/c1-4-13-6-7-14(18-13)12-16(17)9-5-8-15(2,3)10-11-16/h6-7H,4-5,8-12,17H2,1-3H3. The molecule has 1 nitrogen and oxygen atoms in total. The summed E-state index contributed by atoms with van der Waals surface area (Å²) in [6.45, 7) is 7.00. The second kappa shape index (κ2) is 5.34. The molecule has 1 aliphatic carbocycles. The van der Waals surface area contributed by atoms with E-state index in [-0.39, 0.29) is 5.54 Å². The van der Waals surface area contributed by atoms with Crippen LogP contribution in [0, 0.1) is 5.41 Å². The second-order valence-electron chi connectivity index (χ2n) is 6.78. The van der Waals surface area contributed by atoms with Crippen molar-refractivity contribution in [1.82, 2.24) is 0 Å². The predicted molar refractivity (Wildman–Crippen MR) is 81.2 cm³/mol. The molecule has 0 aliphatic heterocycles. The van der Waals surface area contributed by atoms with Crippen molar-refractivity contribution in [1.29, 1.82) is 0 Å². The number of aryl methyl sites for hydroxylation is 1. The highest BCUT2D eigenvalue weighted by Gasteiger charge is 2.32. The van der Waals surface area contributed by atoms with Crippen molar-refractivity contribution in [2.75, 3.05) is 0 Å². The lowest BCUT2D eigenvalue weighted by Gasteiger charge is -2.28. The van der Waals surface area contributed by atoms with Crippen LogP contribution in [0.5, 0.6) is 0 Å². The van der Waals surface area contributed by atoms with Gasteiger partial charge in [-0.15, -0.1) is 11.3 Å². The first-order valence-corrected chi connectivity index (χ1v) is 8.11. The van der Waals surface area contributed by atoms with Crippen LogP contribution >= 0.6 is 11.3 Å². The summed E-state index contributed by atoms with van der Waals surface area (Å²) >= 11 is 1.95. The van der Waals surface area contributed by atoms with Gasteiger partial charge in [0.2, 0.25) is 0 Å². The van der Waals surface area contributed by atoms with E-state index in [1.165, 1.54) is 41.9 Å². The summed E-state index contributed by atoms with van der Waals surface area (Å²) in [5.74, 6) is 0. The van der Waals surface area contributed by atoms with Crippen molar-refractivity contribution in [2.24, 2.45) is 11.1 Å². The minimum Gasteiger partial charge on any atom is -0.325 e. The number of thiophene rings is 1. The van der Waals surface area contributed by atoms with Gasteiger partial charge >= 0.3 is 0 Å². The van der Waals surface area contributed by atoms with Crippen LogP contribution < -0.4 is 5.73 Å². The van der Waals surface area contributed by atoms with Crippen LogP contribution in [0.2, 0.25) is 0 Å². The van der Waals surface area contributed by atoms with Gasteiger partial charge in [0.25, 0.3) is 0 Å². The van der Waals surface area contributed by atoms with Gasteiger partial charge in [-0.25, -0.2) is 0 Å². The van der Waals surface area contributed by atoms with Crippen LogP contribution in [0.25, 0.3) is 0 Å². The Morgan fingerprint density at radius 1 is 1.11 bits per heavy atom. The van der Waals surface area contributed by atoms with Gasteiger partial charge in [0, 0.05) is 15.3 Å². The van der Waals surface area contributed by atoms with E-state index in [4.69, 9.17) is 5.73 Å². The van der Waals surface area contributed by atoms with Gasteiger partial charge in [0.15, 0.2) is 0 Å². The summed E-state index contributed by atoms with van der Waals surface area (Å²) in [5, 5.41) is 0. The lowest BCUT2D eigenvalue weighted by atomic mass is 9.82. The minimum atomic E-state index is 0.0453. The molecule has 1 aromatic heterocycles. The summed E-state index contributed by atoms with van der Waals surface area (Å²) in [7, 11) is 0. The highest BCUT2D eigenvalue weighted by molar-refractivity contribution is 7.12. The van der Waals surface area contributed by atoms with Gasteiger partial charge < -0.3 is 5.73 Å². The molecule has 0 spiro atoms. The molecule has 0 saturated heterocycles. The molecule has 1 aliphatic rings. The molecule has 0 amide bonds. The van der Waals surface area contributed by atoms with E-state index in [2.05, 4.69) is 32.9 Å². The van der Waals surface area contributed by atoms with Crippen LogP contribution in [-0.2, 0) is 12.8 Å². The van der Waals surface area contributed by atoms with E-state index in [0.29, 0.717) is 5.41 Å². The van der Waals surface area contributed by atoms with Crippen LogP contribution in [0.1, 0.15) is 62.6 Å². The fourth-order valence-corrected chi connectivity index (χ4v) is 4.10. The molecule has 0 radical (unpaired) electrons. The maximum Gasteiger partial charge on any atom is 0.0203 e. The molecular formula is C16H27NS. The van der Waals surface area contributed by atoms with Gasteiger partial charge in [-0.2, -0.15) is 0 Å². The number of nitrogens with two attached hydrogens (primary N) is 1. The highest BCUT2D eigenvalue weighted by Crippen LogP contribution is 2.38. The van der Waals surface area contributed by atoms with E-state index in [0.717, 1.165) is 12.8 Å². The zero-order valence-corrected chi connectivity index (χ0v) is 12.9. The number of rotatable bonds is 3. The third-order valence-corrected chi connectivity index (χ3v) is 5.65. The third-order valence-electron chi connectivity index (χ3n) is 4.42. The molecule has 2 rings (SSSR count). The summed E-state index contributed by atoms with van der Waals surface area (Å²) in [6, 6.07) is 4.55. The Hall–Kier alpha value is -0.340. The maximum atomic E-state index is 6.67. The first kappa shape index (κ1) is 14.1. The van der Waals surface area contributed by atoms with Crippen molar-refractivity contribution in [3.05, 3.63) is 21.9 Å². The Labute approximate surface area is 116 Å². The summed E-state index contributed by atoms with van der Waals surface area (Å²) in [4.78, 5) is 2.97. The molecule has 1 aromatic rings. The summed E-state index contributed by atoms with van der Waals surface area (Å²) < 4.78 is 0. The molecule has 18 heavy (non-hydrogen) atoms. The SMILES string of the molecule is CCc1ccc(CC2(N)CCCC(C)(C)CC2)s1. The van der Waals surface area contributed by atoms with Crippen LogP contribution in [0.3, 0.4) is 0 Å².